The summed E-state index contributed by atoms with van der Waals surface area (Å²) < 4.78 is 6.99. The normalized spacial score (nSPS) is 10.8. The minimum atomic E-state index is -0.0780. The zero-order valence-corrected chi connectivity index (χ0v) is 14.6. The van der Waals surface area contributed by atoms with Crippen molar-refractivity contribution in [1.29, 1.82) is 5.26 Å². The van der Waals surface area contributed by atoms with Crippen molar-refractivity contribution in [3.8, 4) is 6.07 Å². The molecule has 0 aliphatic heterocycles. The highest BCUT2D eigenvalue weighted by Gasteiger charge is 2.17. The minimum Gasteiger partial charge on any atom is -0.467 e. The van der Waals surface area contributed by atoms with Crippen LogP contribution in [0.25, 0.3) is 0 Å². The van der Waals surface area contributed by atoms with Crippen molar-refractivity contribution in [1.82, 2.24) is 25.1 Å². The van der Waals surface area contributed by atoms with E-state index < -0.39 is 0 Å². The molecule has 24 heavy (non-hydrogen) atoms. The summed E-state index contributed by atoms with van der Waals surface area (Å²) in [6, 6.07) is 5.65. The maximum absolute atomic E-state index is 12.5. The molecule has 0 aromatic carbocycles. The fourth-order valence-electron chi connectivity index (χ4n) is 2.05. The molecular weight excluding hydrogens is 328 g/mol. The second-order valence-corrected chi connectivity index (χ2v) is 6.57. The van der Waals surface area contributed by atoms with E-state index in [2.05, 4.69) is 35.4 Å². The van der Waals surface area contributed by atoms with E-state index in [0.29, 0.717) is 36.5 Å². The number of carbonyl (C=O) groups excluding carboxylic acids is 1. The first-order valence-corrected chi connectivity index (χ1v) is 8.64. The molecule has 0 saturated heterocycles. The van der Waals surface area contributed by atoms with Crippen LogP contribution in [0.15, 0.2) is 28.0 Å². The van der Waals surface area contributed by atoms with Gasteiger partial charge in [0.25, 0.3) is 0 Å². The standard InChI is InChI=1S/C15H20N6O2S/c1-12(2)9-21-15(17-18-19-21)24-11-14(22)20(7-4-6-16)10-13-5-3-8-23-13/h3,5,8,12H,4,7,9-11H2,1-2H3. The second-order valence-electron chi connectivity index (χ2n) is 5.63. The lowest BCUT2D eigenvalue weighted by atomic mass is 10.2. The van der Waals surface area contributed by atoms with Gasteiger partial charge in [0.2, 0.25) is 11.1 Å². The number of nitrogens with zero attached hydrogens (tertiary/aromatic N) is 6. The first kappa shape index (κ1) is 18.0. The summed E-state index contributed by atoms with van der Waals surface area (Å²) >= 11 is 1.30. The molecule has 2 heterocycles. The van der Waals surface area contributed by atoms with E-state index in [1.54, 1.807) is 21.9 Å². The molecule has 0 atom stereocenters. The Morgan fingerprint density at radius 3 is 3.04 bits per heavy atom. The molecule has 2 aromatic heterocycles. The molecule has 2 aromatic rings. The van der Waals surface area contributed by atoms with E-state index in [-0.39, 0.29) is 18.1 Å². The van der Waals surface area contributed by atoms with Crippen molar-refractivity contribution >= 4 is 17.7 Å². The average molecular weight is 348 g/mol. The molecule has 0 N–H and O–H groups in total. The van der Waals surface area contributed by atoms with Crippen molar-refractivity contribution < 1.29 is 9.21 Å². The third-order valence-corrected chi connectivity index (χ3v) is 4.08. The highest BCUT2D eigenvalue weighted by atomic mass is 32.2. The number of tetrazole rings is 1. The third-order valence-electron chi connectivity index (χ3n) is 3.13. The predicted molar refractivity (Wildman–Crippen MR) is 87.7 cm³/mol. The van der Waals surface area contributed by atoms with Crippen LogP contribution in [-0.4, -0.2) is 43.3 Å². The van der Waals surface area contributed by atoms with Crippen LogP contribution >= 0.6 is 11.8 Å². The summed E-state index contributed by atoms with van der Waals surface area (Å²) in [5.74, 6) is 1.24. The van der Waals surface area contributed by atoms with E-state index >= 15 is 0 Å². The Labute approximate surface area is 144 Å². The number of furan rings is 1. The van der Waals surface area contributed by atoms with E-state index in [4.69, 9.17) is 9.68 Å². The first-order valence-electron chi connectivity index (χ1n) is 7.66. The van der Waals surface area contributed by atoms with Crippen LogP contribution in [0.1, 0.15) is 26.0 Å². The topological polar surface area (TPSA) is 101 Å². The number of hydrogen-bond donors (Lipinski definition) is 0. The van der Waals surface area contributed by atoms with Gasteiger partial charge in [-0.15, -0.1) is 5.10 Å². The van der Waals surface area contributed by atoms with Crippen LogP contribution in [-0.2, 0) is 17.9 Å². The zero-order valence-electron chi connectivity index (χ0n) is 13.8. The molecule has 9 heteroatoms. The summed E-state index contributed by atoms with van der Waals surface area (Å²) in [4.78, 5) is 14.1. The van der Waals surface area contributed by atoms with Gasteiger partial charge in [-0.25, -0.2) is 4.68 Å². The fraction of sp³-hybridized carbons (Fsp3) is 0.533. The van der Waals surface area contributed by atoms with Crippen LogP contribution in [0.4, 0.5) is 0 Å². The van der Waals surface area contributed by atoms with Crippen molar-refractivity contribution in [2.45, 2.75) is 38.5 Å². The minimum absolute atomic E-state index is 0.0780. The van der Waals surface area contributed by atoms with Gasteiger partial charge in [0.05, 0.1) is 31.1 Å². The van der Waals surface area contributed by atoms with Crippen molar-refractivity contribution in [3.63, 3.8) is 0 Å². The van der Waals surface area contributed by atoms with Gasteiger partial charge in [0.15, 0.2) is 0 Å². The molecule has 8 nitrogen and oxygen atoms in total. The van der Waals surface area contributed by atoms with E-state index in [1.165, 1.54) is 11.8 Å². The molecule has 1 amide bonds. The Balaban J connectivity index is 1.94. The third kappa shape index (κ3) is 5.38. The largest absolute Gasteiger partial charge is 0.467 e. The molecule has 0 radical (unpaired) electrons. The van der Waals surface area contributed by atoms with Crippen LogP contribution < -0.4 is 0 Å². The average Bonchev–Trinajstić information content (AvgIpc) is 3.20. The van der Waals surface area contributed by atoms with Crippen molar-refractivity contribution in [2.24, 2.45) is 5.92 Å². The Morgan fingerprint density at radius 2 is 2.38 bits per heavy atom. The van der Waals surface area contributed by atoms with E-state index in [9.17, 15) is 4.79 Å². The molecule has 0 spiro atoms. The summed E-state index contributed by atoms with van der Waals surface area (Å²) in [5.41, 5.74) is 0. The highest BCUT2D eigenvalue weighted by Crippen LogP contribution is 2.17. The first-order chi connectivity index (χ1) is 11.6. The summed E-state index contributed by atoms with van der Waals surface area (Å²) in [6.07, 6.45) is 1.85. The summed E-state index contributed by atoms with van der Waals surface area (Å²) in [5, 5.41) is 21.0. The number of carbonyl (C=O) groups is 1. The lowest BCUT2D eigenvalue weighted by Crippen LogP contribution is -2.32. The SMILES string of the molecule is CC(C)Cn1nnnc1SCC(=O)N(CCC#N)Cc1ccco1. The molecular formula is C15H20N6O2S. The number of nitriles is 1. The van der Waals surface area contributed by atoms with Crippen molar-refractivity contribution in [2.75, 3.05) is 12.3 Å². The molecule has 0 aliphatic carbocycles. The molecule has 0 unspecified atom stereocenters. The van der Waals surface area contributed by atoms with Crippen LogP contribution in [0.2, 0.25) is 0 Å². The van der Waals surface area contributed by atoms with E-state index in [0.717, 1.165) is 0 Å². The molecule has 2 rings (SSSR count). The maximum atomic E-state index is 12.5. The number of thioether (sulfide) groups is 1. The maximum Gasteiger partial charge on any atom is 0.233 e. The highest BCUT2D eigenvalue weighted by molar-refractivity contribution is 7.99. The smallest absolute Gasteiger partial charge is 0.233 e. The molecule has 0 saturated carbocycles. The van der Waals surface area contributed by atoms with Crippen molar-refractivity contribution in [3.05, 3.63) is 24.2 Å². The van der Waals surface area contributed by atoms with Gasteiger partial charge in [0.1, 0.15) is 5.76 Å². The number of rotatable bonds is 9. The van der Waals surface area contributed by atoms with Gasteiger partial charge in [-0.3, -0.25) is 4.79 Å². The van der Waals surface area contributed by atoms with Gasteiger partial charge in [-0.2, -0.15) is 5.26 Å². The van der Waals surface area contributed by atoms with E-state index in [1.807, 2.05) is 6.07 Å². The number of hydrogen-bond acceptors (Lipinski definition) is 7. The van der Waals surface area contributed by atoms with Crippen LogP contribution in [0.3, 0.4) is 0 Å². The second kappa shape index (κ2) is 9.08. The Hall–Kier alpha value is -2.34. The lowest BCUT2D eigenvalue weighted by Gasteiger charge is -2.20. The quantitative estimate of drug-likeness (QED) is 0.638. The van der Waals surface area contributed by atoms with Gasteiger partial charge < -0.3 is 9.32 Å². The molecule has 0 fully saturated rings. The van der Waals surface area contributed by atoms with Gasteiger partial charge in [-0.1, -0.05) is 25.6 Å². The monoisotopic (exact) mass is 348 g/mol. The zero-order chi connectivity index (χ0) is 17.4. The summed E-state index contributed by atoms with van der Waals surface area (Å²) in [6.45, 7) is 5.58. The fourth-order valence-corrected chi connectivity index (χ4v) is 2.83. The summed E-state index contributed by atoms with van der Waals surface area (Å²) in [7, 11) is 0. The van der Waals surface area contributed by atoms with Gasteiger partial charge in [-0.05, 0) is 28.5 Å². The molecule has 0 aliphatic rings. The predicted octanol–water partition coefficient (Wildman–Crippen LogP) is 1.96. The van der Waals surface area contributed by atoms with Gasteiger partial charge >= 0.3 is 0 Å². The molecule has 0 bridgehead atoms. The molecule has 128 valence electrons. The number of aromatic nitrogens is 4. The Bertz CT molecular complexity index is 676. The Morgan fingerprint density at radius 1 is 1.54 bits per heavy atom. The van der Waals surface area contributed by atoms with Crippen LogP contribution in [0, 0.1) is 17.2 Å². The number of amides is 1. The van der Waals surface area contributed by atoms with Crippen LogP contribution in [0.5, 0.6) is 0 Å². The Kier molecular flexibility index (Phi) is 6.81. The van der Waals surface area contributed by atoms with Gasteiger partial charge in [0, 0.05) is 13.1 Å². The lowest BCUT2D eigenvalue weighted by molar-refractivity contribution is -0.129.